The number of benzene rings is 1. The molecule has 0 radical (unpaired) electrons. The summed E-state index contributed by atoms with van der Waals surface area (Å²) >= 11 is 0. The summed E-state index contributed by atoms with van der Waals surface area (Å²) < 4.78 is 10.8. The van der Waals surface area contributed by atoms with Crippen molar-refractivity contribution in [3.05, 3.63) is 18.2 Å². The van der Waals surface area contributed by atoms with Crippen LogP contribution >= 0.6 is 0 Å². The van der Waals surface area contributed by atoms with Gasteiger partial charge in [0.15, 0.2) is 0 Å². The normalized spacial score (nSPS) is 19.0. The van der Waals surface area contributed by atoms with Gasteiger partial charge in [-0.1, -0.05) is 13.8 Å². The van der Waals surface area contributed by atoms with Crippen LogP contribution in [0.2, 0.25) is 0 Å². The van der Waals surface area contributed by atoms with E-state index in [2.05, 4.69) is 30.1 Å². The Morgan fingerprint density at radius 1 is 1.26 bits per heavy atom. The summed E-state index contributed by atoms with van der Waals surface area (Å²) in [6, 6.07) is 7.03. The lowest BCUT2D eigenvalue weighted by Crippen LogP contribution is -2.37. The number of hydrogen-bond donors (Lipinski definition) is 1. The van der Waals surface area contributed by atoms with Crippen molar-refractivity contribution in [2.45, 2.75) is 32.4 Å². The summed E-state index contributed by atoms with van der Waals surface area (Å²) in [7, 11) is 3.41. The predicted octanol–water partition coefficient (Wildman–Crippen LogP) is 2.28. The molecule has 1 aromatic carbocycles. The van der Waals surface area contributed by atoms with Gasteiger partial charge >= 0.3 is 0 Å². The number of ether oxygens (including phenoxy) is 2. The molecule has 1 heterocycles. The fourth-order valence-electron chi connectivity index (χ4n) is 2.63. The molecule has 19 heavy (non-hydrogen) atoms. The van der Waals surface area contributed by atoms with Crippen LogP contribution in [0.1, 0.15) is 20.3 Å². The molecule has 1 aliphatic heterocycles. The quantitative estimate of drug-likeness (QED) is 0.884. The zero-order chi connectivity index (χ0) is 13.8. The molecule has 0 spiro atoms. The molecule has 1 saturated heterocycles. The summed E-state index contributed by atoms with van der Waals surface area (Å²) in [6.07, 6.45) is 1.17. The molecule has 0 aromatic heterocycles. The standard InChI is InChI=1S/C15H24N2O2/c1-11(2)16-12-7-8-17(10-12)14-9-13(18-3)5-6-15(14)19-4/h5-6,9,11-12,16H,7-8,10H2,1-4H3. The van der Waals surface area contributed by atoms with Crippen molar-refractivity contribution in [1.82, 2.24) is 5.32 Å². The predicted molar refractivity (Wildman–Crippen MR) is 78.4 cm³/mol. The largest absolute Gasteiger partial charge is 0.497 e. The van der Waals surface area contributed by atoms with Gasteiger partial charge in [-0.2, -0.15) is 0 Å². The van der Waals surface area contributed by atoms with Crippen molar-refractivity contribution < 1.29 is 9.47 Å². The summed E-state index contributed by atoms with van der Waals surface area (Å²) in [6.45, 7) is 6.44. The molecule has 1 N–H and O–H groups in total. The second-order valence-electron chi connectivity index (χ2n) is 5.29. The first-order chi connectivity index (χ1) is 9.13. The fourth-order valence-corrected chi connectivity index (χ4v) is 2.63. The van der Waals surface area contributed by atoms with Gasteiger partial charge in [0.25, 0.3) is 0 Å². The lowest BCUT2D eigenvalue weighted by Gasteiger charge is -2.22. The van der Waals surface area contributed by atoms with Crippen LogP contribution in [0.3, 0.4) is 0 Å². The van der Waals surface area contributed by atoms with Crippen molar-refractivity contribution in [2.75, 3.05) is 32.2 Å². The second kappa shape index (κ2) is 6.15. The van der Waals surface area contributed by atoms with Gasteiger partial charge in [0.2, 0.25) is 0 Å². The van der Waals surface area contributed by atoms with E-state index in [9.17, 15) is 0 Å². The Bertz CT molecular complexity index is 421. The third kappa shape index (κ3) is 3.32. The van der Waals surface area contributed by atoms with E-state index >= 15 is 0 Å². The summed E-state index contributed by atoms with van der Waals surface area (Å²) in [5.74, 6) is 1.78. The molecule has 0 amide bonds. The van der Waals surface area contributed by atoms with Crippen LogP contribution in [-0.4, -0.2) is 39.4 Å². The number of rotatable bonds is 5. The van der Waals surface area contributed by atoms with Crippen molar-refractivity contribution >= 4 is 5.69 Å². The second-order valence-corrected chi connectivity index (χ2v) is 5.29. The maximum absolute atomic E-state index is 5.46. The van der Waals surface area contributed by atoms with Gasteiger partial charge in [0.05, 0.1) is 19.9 Å². The third-order valence-electron chi connectivity index (χ3n) is 3.48. The zero-order valence-corrected chi connectivity index (χ0v) is 12.3. The van der Waals surface area contributed by atoms with Crippen LogP contribution in [0, 0.1) is 0 Å². The van der Waals surface area contributed by atoms with Crippen LogP contribution in [-0.2, 0) is 0 Å². The number of hydrogen-bond acceptors (Lipinski definition) is 4. The molecular weight excluding hydrogens is 240 g/mol. The minimum atomic E-state index is 0.525. The van der Waals surface area contributed by atoms with Gasteiger partial charge in [0, 0.05) is 31.2 Å². The molecule has 0 saturated carbocycles. The van der Waals surface area contributed by atoms with Crippen LogP contribution in [0.15, 0.2) is 18.2 Å². The van der Waals surface area contributed by atoms with E-state index in [1.807, 2.05) is 12.1 Å². The average molecular weight is 264 g/mol. The highest BCUT2D eigenvalue weighted by molar-refractivity contribution is 5.62. The zero-order valence-electron chi connectivity index (χ0n) is 12.3. The molecule has 1 aliphatic rings. The molecule has 0 aliphatic carbocycles. The molecule has 4 heteroatoms. The topological polar surface area (TPSA) is 33.7 Å². The fraction of sp³-hybridized carbons (Fsp3) is 0.600. The molecule has 1 unspecified atom stereocenters. The van der Waals surface area contributed by atoms with Crippen molar-refractivity contribution in [3.8, 4) is 11.5 Å². The lowest BCUT2D eigenvalue weighted by molar-refractivity contribution is 0.403. The van der Waals surface area contributed by atoms with Gasteiger partial charge in [-0.25, -0.2) is 0 Å². The summed E-state index contributed by atoms with van der Waals surface area (Å²) in [5, 5.41) is 3.59. The van der Waals surface area contributed by atoms with Crippen molar-refractivity contribution in [3.63, 3.8) is 0 Å². The minimum absolute atomic E-state index is 0.525. The lowest BCUT2D eigenvalue weighted by atomic mass is 10.2. The van der Waals surface area contributed by atoms with Crippen LogP contribution in [0.4, 0.5) is 5.69 Å². The minimum Gasteiger partial charge on any atom is -0.497 e. The number of anilines is 1. The highest BCUT2D eigenvalue weighted by Crippen LogP contribution is 2.34. The van der Waals surface area contributed by atoms with Gasteiger partial charge < -0.3 is 19.7 Å². The molecule has 106 valence electrons. The van der Waals surface area contributed by atoms with Gasteiger partial charge in [-0.15, -0.1) is 0 Å². The SMILES string of the molecule is COc1ccc(OC)c(N2CCC(NC(C)C)C2)c1. The van der Waals surface area contributed by atoms with Crippen LogP contribution in [0.5, 0.6) is 11.5 Å². The van der Waals surface area contributed by atoms with Gasteiger partial charge in [0.1, 0.15) is 11.5 Å². The van der Waals surface area contributed by atoms with E-state index in [1.165, 1.54) is 6.42 Å². The summed E-state index contributed by atoms with van der Waals surface area (Å²) in [5.41, 5.74) is 1.12. The van der Waals surface area contributed by atoms with Crippen LogP contribution < -0.4 is 19.7 Å². The molecule has 1 aromatic rings. The molecule has 0 bridgehead atoms. The van der Waals surface area contributed by atoms with Crippen LogP contribution in [0.25, 0.3) is 0 Å². The Hall–Kier alpha value is -1.42. The van der Waals surface area contributed by atoms with Gasteiger partial charge in [-0.3, -0.25) is 0 Å². The third-order valence-corrected chi connectivity index (χ3v) is 3.48. The number of methoxy groups -OCH3 is 2. The average Bonchev–Trinajstić information content (AvgIpc) is 2.85. The van der Waals surface area contributed by atoms with E-state index in [0.717, 1.165) is 30.3 Å². The maximum Gasteiger partial charge on any atom is 0.142 e. The molecule has 4 nitrogen and oxygen atoms in total. The Kier molecular flexibility index (Phi) is 4.53. The van der Waals surface area contributed by atoms with Crippen molar-refractivity contribution in [2.24, 2.45) is 0 Å². The Labute approximate surface area is 115 Å². The van der Waals surface area contributed by atoms with E-state index in [4.69, 9.17) is 9.47 Å². The Balaban J connectivity index is 2.13. The Morgan fingerprint density at radius 3 is 2.68 bits per heavy atom. The monoisotopic (exact) mass is 264 g/mol. The smallest absolute Gasteiger partial charge is 0.142 e. The molecule has 1 atom stereocenters. The first-order valence-corrected chi connectivity index (χ1v) is 6.87. The highest BCUT2D eigenvalue weighted by Gasteiger charge is 2.25. The van der Waals surface area contributed by atoms with Crippen molar-refractivity contribution in [1.29, 1.82) is 0 Å². The van der Waals surface area contributed by atoms with Gasteiger partial charge in [-0.05, 0) is 18.6 Å². The van der Waals surface area contributed by atoms with E-state index in [-0.39, 0.29) is 0 Å². The number of nitrogens with zero attached hydrogens (tertiary/aromatic N) is 1. The van der Waals surface area contributed by atoms with E-state index in [1.54, 1.807) is 14.2 Å². The first kappa shape index (κ1) is 14.0. The molecular formula is C15H24N2O2. The molecule has 1 fully saturated rings. The Morgan fingerprint density at radius 2 is 2.05 bits per heavy atom. The van der Waals surface area contributed by atoms with E-state index < -0.39 is 0 Å². The first-order valence-electron chi connectivity index (χ1n) is 6.87. The summed E-state index contributed by atoms with van der Waals surface area (Å²) in [4.78, 5) is 2.36. The van der Waals surface area contributed by atoms with E-state index in [0.29, 0.717) is 12.1 Å². The maximum atomic E-state index is 5.46. The molecule has 2 rings (SSSR count). The number of nitrogens with one attached hydrogen (secondary N) is 1. The highest BCUT2D eigenvalue weighted by atomic mass is 16.5.